The van der Waals surface area contributed by atoms with Gasteiger partial charge in [0.05, 0.1) is 12.3 Å². The standard InChI is InChI=1S/C8H8BrF2NO/c9-2-6-1-5(4-13)7(3-12-6)8(10)11/h1,3,8,13H,2,4H2. The van der Waals surface area contributed by atoms with Crippen molar-refractivity contribution in [3.63, 3.8) is 0 Å². The fourth-order valence-corrected chi connectivity index (χ4v) is 1.27. The summed E-state index contributed by atoms with van der Waals surface area (Å²) in [6.45, 7) is -0.387. The number of rotatable bonds is 3. The summed E-state index contributed by atoms with van der Waals surface area (Å²) in [4.78, 5) is 3.79. The van der Waals surface area contributed by atoms with E-state index in [2.05, 4.69) is 20.9 Å². The van der Waals surface area contributed by atoms with Crippen molar-refractivity contribution in [1.82, 2.24) is 4.98 Å². The Morgan fingerprint density at radius 1 is 1.54 bits per heavy atom. The molecule has 72 valence electrons. The highest BCUT2D eigenvalue weighted by atomic mass is 79.9. The Hall–Kier alpha value is -0.550. The van der Waals surface area contributed by atoms with E-state index >= 15 is 0 Å². The van der Waals surface area contributed by atoms with Crippen LogP contribution in [0.15, 0.2) is 12.3 Å². The first-order valence-electron chi connectivity index (χ1n) is 3.61. The maximum absolute atomic E-state index is 12.3. The summed E-state index contributed by atoms with van der Waals surface area (Å²) in [5.74, 6) is 0. The highest BCUT2D eigenvalue weighted by Crippen LogP contribution is 2.23. The van der Waals surface area contributed by atoms with Gasteiger partial charge in [0.15, 0.2) is 0 Å². The van der Waals surface area contributed by atoms with E-state index in [9.17, 15) is 8.78 Å². The molecule has 1 rings (SSSR count). The zero-order valence-electron chi connectivity index (χ0n) is 6.67. The van der Waals surface area contributed by atoms with E-state index in [1.54, 1.807) is 0 Å². The van der Waals surface area contributed by atoms with Gasteiger partial charge in [-0.25, -0.2) is 8.78 Å². The highest BCUT2D eigenvalue weighted by Gasteiger charge is 2.13. The molecule has 1 N–H and O–H groups in total. The van der Waals surface area contributed by atoms with E-state index in [1.807, 2.05) is 0 Å². The molecule has 1 aromatic heterocycles. The molecular formula is C8H8BrF2NO. The van der Waals surface area contributed by atoms with E-state index in [-0.39, 0.29) is 17.7 Å². The summed E-state index contributed by atoms with van der Waals surface area (Å²) in [6, 6.07) is 1.47. The third-order valence-corrected chi connectivity index (χ3v) is 2.20. The molecule has 0 atom stereocenters. The van der Waals surface area contributed by atoms with Crippen molar-refractivity contribution < 1.29 is 13.9 Å². The molecule has 13 heavy (non-hydrogen) atoms. The number of aromatic nitrogens is 1. The molecule has 2 nitrogen and oxygen atoms in total. The predicted molar refractivity (Wildman–Crippen MR) is 47.7 cm³/mol. The number of hydrogen-bond acceptors (Lipinski definition) is 2. The zero-order valence-corrected chi connectivity index (χ0v) is 8.26. The summed E-state index contributed by atoms with van der Waals surface area (Å²) in [7, 11) is 0. The molecule has 1 aromatic rings. The van der Waals surface area contributed by atoms with Gasteiger partial charge in [0.25, 0.3) is 6.43 Å². The van der Waals surface area contributed by atoms with Crippen molar-refractivity contribution in [3.05, 3.63) is 29.1 Å². The molecule has 0 aliphatic heterocycles. The monoisotopic (exact) mass is 251 g/mol. The largest absolute Gasteiger partial charge is 0.392 e. The van der Waals surface area contributed by atoms with Crippen LogP contribution in [0.3, 0.4) is 0 Å². The van der Waals surface area contributed by atoms with Gasteiger partial charge in [0.1, 0.15) is 0 Å². The fourth-order valence-electron chi connectivity index (χ4n) is 0.964. The molecule has 0 aliphatic carbocycles. The third-order valence-electron chi connectivity index (χ3n) is 1.62. The van der Waals surface area contributed by atoms with Crippen LogP contribution in [0.25, 0.3) is 0 Å². The van der Waals surface area contributed by atoms with E-state index in [1.165, 1.54) is 6.07 Å². The van der Waals surface area contributed by atoms with Gasteiger partial charge in [-0.3, -0.25) is 4.98 Å². The second-order valence-corrected chi connectivity index (χ2v) is 3.03. The minimum Gasteiger partial charge on any atom is -0.392 e. The van der Waals surface area contributed by atoms with Gasteiger partial charge in [-0.1, -0.05) is 15.9 Å². The molecule has 0 saturated carbocycles. The first-order chi connectivity index (χ1) is 6.19. The summed E-state index contributed by atoms with van der Waals surface area (Å²) in [6.07, 6.45) is -1.48. The number of alkyl halides is 3. The lowest BCUT2D eigenvalue weighted by Crippen LogP contribution is -1.98. The van der Waals surface area contributed by atoms with Gasteiger partial charge in [0.2, 0.25) is 0 Å². The van der Waals surface area contributed by atoms with Crippen LogP contribution < -0.4 is 0 Å². The quantitative estimate of drug-likeness (QED) is 0.838. The number of pyridine rings is 1. The van der Waals surface area contributed by atoms with Gasteiger partial charge in [-0.05, 0) is 11.6 Å². The number of hydrogen-bond donors (Lipinski definition) is 1. The SMILES string of the molecule is OCc1cc(CBr)ncc1C(F)F. The zero-order chi connectivity index (χ0) is 9.84. The highest BCUT2D eigenvalue weighted by molar-refractivity contribution is 9.08. The maximum Gasteiger partial charge on any atom is 0.265 e. The molecule has 0 aromatic carbocycles. The summed E-state index contributed by atoms with van der Waals surface area (Å²) >= 11 is 3.15. The first kappa shape index (κ1) is 10.5. The molecule has 0 bridgehead atoms. The topological polar surface area (TPSA) is 33.1 Å². The van der Waals surface area contributed by atoms with Gasteiger partial charge < -0.3 is 5.11 Å². The van der Waals surface area contributed by atoms with Gasteiger partial charge in [0, 0.05) is 17.1 Å². The van der Waals surface area contributed by atoms with Crippen LogP contribution in [0.4, 0.5) is 8.78 Å². The van der Waals surface area contributed by atoms with Crippen molar-refractivity contribution >= 4 is 15.9 Å². The number of halogens is 3. The van der Waals surface area contributed by atoms with Crippen LogP contribution in [0.1, 0.15) is 23.2 Å². The first-order valence-corrected chi connectivity index (χ1v) is 4.74. The van der Waals surface area contributed by atoms with Crippen LogP contribution in [0, 0.1) is 0 Å². The molecule has 0 saturated heterocycles. The lowest BCUT2D eigenvalue weighted by atomic mass is 10.1. The molecule has 1 heterocycles. The molecular weight excluding hydrogens is 244 g/mol. The van der Waals surface area contributed by atoms with Crippen LogP contribution in [-0.4, -0.2) is 10.1 Å². The van der Waals surface area contributed by atoms with Crippen molar-refractivity contribution in [2.45, 2.75) is 18.4 Å². The average Bonchev–Trinajstić information content (AvgIpc) is 2.16. The Balaban J connectivity index is 3.08. The number of aliphatic hydroxyl groups excluding tert-OH is 1. The van der Waals surface area contributed by atoms with Crippen LogP contribution in [0.5, 0.6) is 0 Å². The Kier molecular flexibility index (Phi) is 3.74. The minimum atomic E-state index is -2.58. The van der Waals surface area contributed by atoms with Gasteiger partial charge in [-0.15, -0.1) is 0 Å². The fraction of sp³-hybridized carbons (Fsp3) is 0.375. The Labute approximate surface area is 82.7 Å². The molecule has 0 spiro atoms. The normalized spacial score (nSPS) is 10.8. The van der Waals surface area contributed by atoms with Gasteiger partial charge >= 0.3 is 0 Å². The third kappa shape index (κ3) is 2.45. The summed E-state index contributed by atoms with van der Waals surface area (Å²) < 4.78 is 24.6. The lowest BCUT2D eigenvalue weighted by Gasteiger charge is -2.06. The average molecular weight is 252 g/mol. The van der Waals surface area contributed by atoms with E-state index in [0.717, 1.165) is 6.20 Å². The van der Waals surface area contributed by atoms with Crippen LogP contribution in [0.2, 0.25) is 0 Å². The maximum atomic E-state index is 12.3. The van der Waals surface area contributed by atoms with E-state index < -0.39 is 6.43 Å². The molecule has 0 aliphatic rings. The number of nitrogens with zero attached hydrogens (tertiary/aromatic N) is 1. The van der Waals surface area contributed by atoms with Crippen LogP contribution >= 0.6 is 15.9 Å². The predicted octanol–water partition coefficient (Wildman–Crippen LogP) is 2.41. The second-order valence-electron chi connectivity index (χ2n) is 2.47. The lowest BCUT2D eigenvalue weighted by molar-refractivity contribution is 0.146. The molecule has 0 radical (unpaired) electrons. The Bertz CT molecular complexity index is 293. The molecule has 0 unspecified atom stereocenters. The van der Waals surface area contributed by atoms with Gasteiger partial charge in [-0.2, -0.15) is 0 Å². The Morgan fingerprint density at radius 3 is 2.69 bits per heavy atom. The minimum absolute atomic E-state index is 0.202. The smallest absolute Gasteiger partial charge is 0.265 e. The summed E-state index contributed by atoms with van der Waals surface area (Å²) in [5.41, 5.74) is 0.667. The number of aliphatic hydroxyl groups is 1. The molecule has 0 fully saturated rings. The van der Waals surface area contributed by atoms with Crippen molar-refractivity contribution in [2.75, 3.05) is 0 Å². The van der Waals surface area contributed by atoms with Crippen molar-refractivity contribution in [1.29, 1.82) is 0 Å². The van der Waals surface area contributed by atoms with E-state index in [4.69, 9.17) is 5.11 Å². The molecule has 0 amide bonds. The summed E-state index contributed by atoms with van der Waals surface area (Å²) in [5, 5.41) is 9.30. The van der Waals surface area contributed by atoms with Crippen molar-refractivity contribution in [2.24, 2.45) is 0 Å². The molecule has 5 heteroatoms. The van der Waals surface area contributed by atoms with Crippen LogP contribution in [-0.2, 0) is 11.9 Å². The van der Waals surface area contributed by atoms with Crippen molar-refractivity contribution in [3.8, 4) is 0 Å². The van der Waals surface area contributed by atoms with E-state index in [0.29, 0.717) is 11.0 Å². The Morgan fingerprint density at radius 2 is 2.23 bits per heavy atom. The second kappa shape index (κ2) is 4.62.